The van der Waals surface area contributed by atoms with Gasteiger partial charge in [-0.25, -0.2) is 0 Å². The van der Waals surface area contributed by atoms with Crippen LogP contribution >= 0.6 is 0 Å². The van der Waals surface area contributed by atoms with E-state index in [9.17, 15) is 15.3 Å². The Morgan fingerprint density at radius 2 is 1.88 bits per heavy atom. The minimum atomic E-state index is -1.18. The maximum atomic E-state index is 11.2. The molecule has 24 heavy (non-hydrogen) atoms. The van der Waals surface area contributed by atoms with E-state index in [1.54, 1.807) is 6.92 Å². The molecule has 8 atom stereocenters. The van der Waals surface area contributed by atoms with Gasteiger partial charge < -0.3 is 20.1 Å². The summed E-state index contributed by atoms with van der Waals surface area (Å²) in [5.74, 6) is 1.51. The average Bonchev–Trinajstić information content (AvgIpc) is 2.85. The lowest BCUT2D eigenvalue weighted by Gasteiger charge is -2.43. The summed E-state index contributed by atoms with van der Waals surface area (Å²) in [6.45, 7) is 10.2. The normalized spacial score (nSPS) is 52.3. The molecule has 0 saturated carbocycles. The monoisotopic (exact) mass is 338 g/mol. The van der Waals surface area contributed by atoms with E-state index in [0.29, 0.717) is 31.1 Å². The molecule has 2 heterocycles. The second-order valence-electron chi connectivity index (χ2n) is 9.26. The van der Waals surface area contributed by atoms with Gasteiger partial charge in [-0.3, -0.25) is 0 Å². The van der Waals surface area contributed by atoms with Gasteiger partial charge in [0, 0.05) is 18.3 Å². The highest BCUT2D eigenvalue weighted by Crippen LogP contribution is 2.53. The topological polar surface area (TPSA) is 69.9 Å². The van der Waals surface area contributed by atoms with Gasteiger partial charge in [0.05, 0.1) is 29.5 Å². The first-order valence-electron chi connectivity index (χ1n) is 9.49. The van der Waals surface area contributed by atoms with Crippen LogP contribution < -0.4 is 0 Å². The lowest BCUT2D eigenvalue weighted by atomic mass is 9.62. The zero-order chi connectivity index (χ0) is 17.9. The fourth-order valence-electron chi connectivity index (χ4n) is 5.38. The average molecular weight is 338 g/mol. The van der Waals surface area contributed by atoms with E-state index in [4.69, 9.17) is 4.74 Å². The predicted molar refractivity (Wildman–Crippen MR) is 93.4 cm³/mol. The Hall–Kier alpha value is -0.420. The van der Waals surface area contributed by atoms with Crippen LogP contribution in [0.2, 0.25) is 0 Å². The molecule has 2 aliphatic heterocycles. The van der Waals surface area contributed by atoms with Crippen LogP contribution in [0.5, 0.6) is 0 Å². The van der Waals surface area contributed by atoms with Crippen molar-refractivity contribution >= 4 is 0 Å². The van der Waals surface area contributed by atoms with Crippen LogP contribution in [-0.2, 0) is 4.74 Å². The molecular formula is C20H34O4. The van der Waals surface area contributed by atoms with E-state index in [0.717, 1.165) is 6.42 Å². The molecule has 3 rings (SSSR count). The molecule has 4 nitrogen and oxygen atoms in total. The maximum absolute atomic E-state index is 11.2. The lowest BCUT2D eigenvalue weighted by molar-refractivity contribution is -0.120. The molecule has 2 saturated heterocycles. The summed E-state index contributed by atoms with van der Waals surface area (Å²) in [6.07, 6.45) is 3.39. The van der Waals surface area contributed by atoms with Crippen LogP contribution in [0, 0.1) is 23.7 Å². The third-order valence-corrected chi connectivity index (χ3v) is 6.94. The van der Waals surface area contributed by atoms with Gasteiger partial charge in [-0.2, -0.15) is 0 Å². The second-order valence-corrected chi connectivity index (χ2v) is 9.26. The summed E-state index contributed by atoms with van der Waals surface area (Å²) >= 11 is 0. The molecule has 3 N–H and O–H groups in total. The number of allylic oxidation sites excluding steroid dienone is 1. The van der Waals surface area contributed by atoms with Gasteiger partial charge in [-0.1, -0.05) is 25.5 Å². The van der Waals surface area contributed by atoms with Crippen molar-refractivity contribution < 1.29 is 20.1 Å². The standard InChI is InChI=1S/C20H34O4/c1-11(2)13-7-6-12(3)16-14-10-20(5,23)15(21)8-9-19(4,22)18(24-14)17(13)16/h6,11,13-18,21-23H,7-10H2,1-5H3/t13-,14+,15+,16-,17-,18+,19-,20+/m1/s1. The highest BCUT2D eigenvalue weighted by molar-refractivity contribution is 5.20. The molecule has 4 heteroatoms. The molecular weight excluding hydrogens is 304 g/mol. The Balaban J connectivity index is 2.04. The Bertz CT molecular complexity index is 508. The van der Waals surface area contributed by atoms with Gasteiger partial charge in [0.15, 0.2) is 0 Å². The highest BCUT2D eigenvalue weighted by atomic mass is 16.5. The second kappa shape index (κ2) is 6.08. The molecule has 2 fully saturated rings. The van der Waals surface area contributed by atoms with Crippen LogP contribution in [0.15, 0.2) is 11.6 Å². The minimum Gasteiger partial charge on any atom is -0.390 e. The van der Waals surface area contributed by atoms with E-state index >= 15 is 0 Å². The fraction of sp³-hybridized carbons (Fsp3) is 0.900. The molecule has 0 aromatic carbocycles. The van der Waals surface area contributed by atoms with Crippen molar-refractivity contribution in [3.63, 3.8) is 0 Å². The number of aliphatic hydroxyl groups is 3. The minimum absolute atomic E-state index is 0.146. The third-order valence-electron chi connectivity index (χ3n) is 6.94. The SMILES string of the molecule is CC1=CC[C@H](C(C)C)[C@@H]2[C@H]1[C@@H]1C[C@](C)(O)[C@@H](O)CC[C@@](C)(O)[C@H]2O1. The molecule has 0 radical (unpaired) electrons. The molecule has 0 aromatic rings. The summed E-state index contributed by atoms with van der Waals surface area (Å²) in [5.41, 5.74) is -0.856. The molecule has 2 bridgehead atoms. The quantitative estimate of drug-likeness (QED) is 0.643. The van der Waals surface area contributed by atoms with Crippen LogP contribution in [0.4, 0.5) is 0 Å². The lowest BCUT2D eigenvalue weighted by Crippen LogP contribution is -2.49. The highest BCUT2D eigenvalue weighted by Gasteiger charge is 2.57. The van der Waals surface area contributed by atoms with Crippen LogP contribution in [0.25, 0.3) is 0 Å². The van der Waals surface area contributed by atoms with Crippen LogP contribution in [-0.4, -0.2) is 44.8 Å². The number of rotatable bonds is 1. The van der Waals surface area contributed by atoms with Gasteiger partial charge >= 0.3 is 0 Å². The van der Waals surface area contributed by atoms with Crippen molar-refractivity contribution in [2.45, 2.75) is 89.8 Å². The molecule has 138 valence electrons. The molecule has 0 spiro atoms. The van der Waals surface area contributed by atoms with Gasteiger partial charge in [0.2, 0.25) is 0 Å². The number of ether oxygens (including phenoxy) is 1. The smallest absolute Gasteiger partial charge is 0.0902 e. The van der Waals surface area contributed by atoms with Crippen molar-refractivity contribution in [1.29, 1.82) is 0 Å². The molecule has 0 amide bonds. The van der Waals surface area contributed by atoms with E-state index in [-0.39, 0.29) is 24.0 Å². The zero-order valence-electron chi connectivity index (χ0n) is 15.7. The predicted octanol–water partition coefficient (Wildman–Crippen LogP) is 2.66. The fourth-order valence-corrected chi connectivity index (χ4v) is 5.38. The van der Waals surface area contributed by atoms with E-state index in [1.165, 1.54) is 5.57 Å². The number of hydrogen-bond donors (Lipinski definition) is 3. The molecule has 0 unspecified atom stereocenters. The first-order valence-corrected chi connectivity index (χ1v) is 9.49. The van der Waals surface area contributed by atoms with E-state index in [2.05, 4.69) is 26.8 Å². The number of aliphatic hydroxyl groups excluding tert-OH is 1. The Labute approximate surface area is 145 Å². The summed E-state index contributed by atoms with van der Waals surface area (Å²) in [4.78, 5) is 0. The first-order chi connectivity index (χ1) is 11.0. The summed E-state index contributed by atoms with van der Waals surface area (Å²) in [5, 5.41) is 32.3. The molecule has 0 aromatic heterocycles. The zero-order valence-corrected chi connectivity index (χ0v) is 15.7. The Morgan fingerprint density at radius 1 is 1.21 bits per heavy atom. The maximum Gasteiger partial charge on any atom is 0.0902 e. The number of fused-ring (bicyclic) bond motifs is 5. The summed E-state index contributed by atoms with van der Waals surface area (Å²) in [7, 11) is 0. The molecule has 3 aliphatic rings. The number of hydrogen-bond acceptors (Lipinski definition) is 4. The van der Waals surface area contributed by atoms with Gasteiger partial charge in [-0.05, 0) is 51.9 Å². The van der Waals surface area contributed by atoms with Crippen molar-refractivity contribution in [3.8, 4) is 0 Å². The van der Waals surface area contributed by atoms with Gasteiger partial charge in [0.1, 0.15) is 0 Å². The Morgan fingerprint density at radius 3 is 2.50 bits per heavy atom. The molecule has 1 aliphatic carbocycles. The van der Waals surface area contributed by atoms with E-state index < -0.39 is 17.3 Å². The van der Waals surface area contributed by atoms with Crippen LogP contribution in [0.1, 0.15) is 60.3 Å². The van der Waals surface area contributed by atoms with Crippen LogP contribution in [0.3, 0.4) is 0 Å². The first kappa shape index (κ1) is 18.4. The van der Waals surface area contributed by atoms with Crippen molar-refractivity contribution in [2.24, 2.45) is 23.7 Å². The summed E-state index contributed by atoms with van der Waals surface area (Å²) < 4.78 is 6.42. The Kier molecular flexibility index (Phi) is 4.66. The summed E-state index contributed by atoms with van der Waals surface area (Å²) in [6, 6.07) is 0. The van der Waals surface area contributed by atoms with Crippen molar-refractivity contribution in [3.05, 3.63) is 11.6 Å². The van der Waals surface area contributed by atoms with Crippen molar-refractivity contribution in [2.75, 3.05) is 0 Å². The van der Waals surface area contributed by atoms with Gasteiger partial charge in [-0.15, -0.1) is 0 Å². The van der Waals surface area contributed by atoms with E-state index in [1.807, 2.05) is 6.92 Å². The van der Waals surface area contributed by atoms with Gasteiger partial charge in [0.25, 0.3) is 0 Å². The third kappa shape index (κ3) is 2.96. The van der Waals surface area contributed by atoms with Crippen molar-refractivity contribution in [1.82, 2.24) is 0 Å². The largest absolute Gasteiger partial charge is 0.390 e.